The number of carbonyl (C=O) groups is 1. The third-order valence-corrected chi connectivity index (χ3v) is 6.04. The zero-order chi connectivity index (χ0) is 21.6. The summed E-state index contributed by atoms with van der Waals surface area (Å²) in [5.41, 5.74) is 1.59. The van der Waals surface area contributed by atoms with E-state index in [2.05, 4.69) is 22.2 Å². The molecule has 1 saturated heterocycles. The van der Waals surface area contributed by atoms with Gasteiger partial charge in [0.05, 0.1) is 24.5 Å². The molecule has 7 nitrogen and oxygen atoms in total. The summed E-state index contributed by atoms with van der Waals surface area (Å²) in [7, 11) is 0. The van der Waals surface area contributed by atoms with Crippen molar-refractivity contribution in [2.45, 2.75) is 44.3 Å². The second-order valence-corrected chi connectivity index (χ2v) is 8.80. The summed E-state index contributed by atoms with van der Waals surface area (Å²) in [6.45, 7) is 5.06. The SMILES string of the molecule is CCSc1nc(N2CCCCC2)c2cnn(CCNC(=O)Cc3ccc(F)cc3)c2n1. The maximum absolute atomic E-state index is 13.0. The Kier molecular flexibility index (Phi) is 7.01. The van der Waals surface area contributed by atoms with E-state index in [1.54, 1.807) is 23.9 Å². The van der Waals surface area contributed by atoms with Crippen LogP contribution in [0.25, 0.3) is 11.0 Å². The van der Waals surface area contributed by atoms with E-state index in [1.165, 1.54) is 31.4 Å². The second-order valence-electron chi connectivity index (χ2n) is 7.57. The third kappa shape index (κ3) is 5.33. The largest absolute Gasteiger partial charge is 0.356 e. The van der Waals surface area contributed by atoms with E-state index in [1.807, 2.05) is 10.9 Å². The Balaban J connectivity index is 1.45. The summed E-state index contributed by atoms with van der Waals surface area (Å²) in [5.74, 6) is 1.46. The summed E-state index contributed by atoms with van der Waals surface area (Å²) in [4.78, 5) is 24.1. The van der Waals surface area contributed by atoms with E-state index < -0.39 is 0 Å². The maximum atomic E-state index is 13.0. The van der Waals surface area contributed by atoms with Gasteiger partial charge < -0.3 is 10.2 Å². The molecular weight excluding hydrogens is 415 g/mol. The molecule has 0 spiro atoms. The molecule has 1 aliphatic heterocycles. The number of nitrogens with zero attached hydrogens (tertiary/aromatic N) is 5. The van der Waals surface area contributed by atoms with Crippen LogP contribution in [-0.2, 0) is 17.8 Å². The minimum absolute atomic E-state index is 0.103. The van der Waals surface area contributed by atoms with E-state index in [0.29, 0.717) is 13.1 Å². The van der Waals surface area contributed by atoms with Gasteiger partial charge in [-0.25, -0.2) is 19.0 Å². The van der Waals surface area contributed by atoms with Crippen molar-refractivity contribution in [1.29, 1.82) is 0 Å². The topological polar surface area (TPSA) is 75.9 Å². The van der Waals surface area contributed by atoms with Crippen molar-refractivity contribution in [3.8, 4) is 0 Å². The summed E-state index contributed by atoms with van der Waals surface area (Å²) >= 11 is 1.62. The molecule has 0 saturated carbocycles. The fourth-order valence-corrected chi connectivity index (χ4v) is 4.34. The number of piperidine rings is 1. The third-order valence-electron chi connectivity index (χ3n) is 5.31. The Hall–Kier alpha value is -2.68. The maximum Gasteiger partial charge on any atom is 0.224 e. The molecule has 3 heterocycles. The van der Waals surface area contributed by atoms with Gasteiger partial charge in [0.25, 0.3) is 0 Å². The van der Waals surface area contributed by atoms with Gasteiger partial charge in [0.15, 0.2) is 10.8 Å². The van der Waals surface area contributed by atoms with Gasteiger partial charge in [-0.15, -0.1) is 0 Å². The lowest BCUT2D eigenvalue weighted by atomic mass is 10.1. The smallest absolute Gasteiger partial charge is 0.224 e. The van der Waals surface area contributed by atoms with E-state index in [4.69, 9.17) is 9.97 Å². The van der Waals surface area contributed by atoms with Gasteiger partial charge in [0.1, 0.15) is 11.6 Å². The van der Waals surface area contributed by atoms with Gasteiger partial charge in [-0.3, -0.25) is 4.79 Å². The van der Waals surface area contributed by atoms with Crippen LogP contribution in [-0.4, -0.2) is 51.0 Å². The normalized spacial score (nSPS) is 14.2. The summed E-state index contributed by atoms with van der Waals surface area (Å²) in [6, 6.07) is 5.98. The van der Waals surface area contributed by atoms with Crippen LogP contribution in [0.3, 0.4) is 0 Å². The fraction of sp³-hybridized carbons (Fsp3) is 0.455. The Bertz CT molecular complexity index is 1030. The Labute approximate surface area is 185 Å². The molecule has 1 aromatic carbocycles. The highest BCUT2D eigenvalue weighted by molar-refractivity contribution is 7.99. The molecule has 1 aliphatic rings. The number of hydrogen-bond donors (Lipinski definition) is 1. The molecule has 9 heteroatoms. The molecule has 0 atom stereocenters. The number of hydrogen-bond acceptors (Lipinski definition) is 6. The number of aromatic nitrogens is 4. The quantitative estimate of drug-likeness (QED) is 0.426. The van der Waals surface area contributed by atoms with E-state index >= 15 is 0 Å². The number of thioether (sulfide) groups is 1. The molecule has 4 rings (SSSR count). The zero-order valence-corrected chi connectivity index (χ0v) is 18.5. The second kappa shape index (κ2) is 10.1. The Morgan fingerprint density at radius 2 is 1.94 bits per heavy atom. The number of rotatable bonds is 8. The predicted octanol–water partition coefficient (Wildman–Crippen LogP) is 3.43. The first-order valence-electron chi connectivity index (χ1n) is 10.8. The van der Waals surface area contributed by atoms with Crippen LogP contribution in [0.2, 0.25) is 0 Å². The fourth-order valence-electron chi connectivity index (χ4n) is 3.78. The Morgan fingerprint density at radius 1 is 1.16 bits per heavy atom. The minimum Gasteiger partial charge on any atom is -0.356 e. The summed E-state index contributed by atoms with van der Waals surface area (Å²) < 4.78 is 14.8. The number of benzene rings is 1. The van der Waals surface area contributed by atoms with Crippen molar-refractivity contribution in [2.24, 2.45) is 0 Å². The van der Waals surface area contributed by atoms with E-state index in [9.17, 15) is 9.18 Å². The standard InChI is InChI=1S/C22H27FN6OS/c1-2-31-22-26-20(28-11-4-3-5-12-28)18-15-25-29(21(18)27-22)13-10-24-19(30)14-16-6-8-17(23)9-7-16/h6-9,15H,2-5,10-14H2,1H3,(H,24,30). The molecule has 0 unspecified atom stereocenters. The number of carbonyl (C=O) groups excluding carboxylic acids is 1. The van der Waals surface area contributed by atoms with Crippen LogP contribution in [0, 0.1) is 5.82 Å². The van der Waals surface area contributed by atoms with E-state index in [0.717, 1.165) is 46.4 Å². The molecule has 1 N–H and O–H groups in total. The predicted molar refractivity (Wildman–Crippen MR) is 121 cm³/mol. The lowest BCUT2D eigenvalue weighted by Crippen LogP contribution is -2.30. The lowest BCUT2D eigenvalue weighted by Gasteiger charge is -2.28. The van der Waals surface area contributed by atoms with Crippen LogP contribution in [0.5, 0.6) is 0 Å². The van der Waals surface area contributed by atoms with Crippen LogP contribution >= 0.6 is 11.8 Å². The van der Waals surface area contributed by atoms with Crippen molar-refractivity contribution in [3.63, 3.8) is 0 Å². The van der Waals surface area contributed by atoms with Crippen LogP contribution in [0.1, 0.15) is 31.7 Å². The molecule has 2 aromatic heterocycles. The van der Waals surface area contributed by atoms with Crippen LogP contribution in [0.15, 0.2) is 35.6 Å². The van der Waals surface area contributed by atoms with E-state index in [-0.39, 0.29) is 18.1 Å². The van der Waals surface area contributed by atoms with Gasteiger partial charge in [-0.05, 0) is 42.7 Å². The summed E-state index contributed by atoms with van der Waals surface area (Å²) in [5, 5.41) is 9.16. The Morgan fingerprint density at radius 3 is 2.68 bits per heavy atom. The lowest BCUT2D eigenvalue weighted by molar-refractivity contribution is -0.120. The number of amides is 1. The van der Waals surface area contributed by atoms with Crippen molar-refractivity contribution >= 4 is 34.5 Å². The number of anilines is 1. The monoisotopic (exact) mass is 442 g/mol. The van der Waals surface area contributed by atoms with Crippen LogP contribution < -0.4 is 10.2 Å². The molecule has 164 valence electrons. The highest BCUT2D eigenvalue weighted by atomic mass is 32.2. The molecule has 3 aromatic rings. The molecular formula is C22H27FN6OS. The average molecular weight is 443 g/mol. The number of halogens is 1. The average Bonchev–Trinajstić information content (AvgIpc) is 3.18. The summed E-state index contributed by atoms with van der Waals surface area (Å²) in [6.07, 6.45) is 5.67. The molecule has 0 aliphatic carbocycles. The molecule has 31 heavy (non-hydrogen) atoms. The first-order chi connectivity index (χ1) is 15.1. The molecule has 1 fully saturated rings. The van der Waals surface area contributed by atoms with Crippen molar-refractivity contribution in [3.05, 3.63) is 41.8 Å². The minimum atomic E-state index is -0.304. The first kappa shape index (κ1) is 21.5. The van der Waals surface area contributed by atoms with Crippen LogP contribution in [0.4, 0.5) is 10.2 Å². The number of fused-ring (bicyclic) bond motifs is 1. The van der Waals surface area contributed by atoms with Crippen molar-refractivity contribution in [2.75, 3.05) is 30.3 Å². The van der Waals surface area contributed by atoms with Crippen molar-refractivity contribution in [1.82, 2.24) is 25.1 Å². The van der Waals surface area contributed by atoms with Gasteiger partial charge in [-0.2, -0.15) is 5.10 Å². The van der Waals surface area contributed by atoms with Gasteiger partial charge in [0, 0.05) is 19.6 Å². The van der Waals surface area contributed by atoms with Crippen molar-refractivity contribution < 1.29 is 9.18 Å². The first-order valence-corrected chi connectivity index (χ1v) is 11.7. The molecule has 1 amide bonds. The highest BCUT2D eigenvalue weighted by Crippen LogP contribution is 2.29. The molecule has 0 bridgehead atoms. The zero-order valence-electron chi connectivity index (χ0n) is 17.7. The van der Waals surface area contributed by atoms with Gasteiger partial charge in [-0.1, -0.05) is 30.8 Å². The number of nitrogens with one attached hydrogen (secondary N) is 1. The van der Waals surface area contributed by atoms with Gasteiger partial charge in [0.2, 0.25) is 5.91 Å². The molecule has 0 radical (unpaired) electrons. The highest BCUT2D eigenvalue weighted by Gasteiger charge is 2.20. The van der Waals surface area contributed by atoms with Gasteiger partial charge >= 0.3 is 0 Å².